The number of amides is 1. The van der Waals surface area contributed by atoms with Gasteiger partial charge in [0.05, 0.1) is 17.5 Å². The lowest BCUT2D eigenvalue weighted by molar-refractivity contribution is -0.181. The maximum absolute atomic E-state index is 13.9. The van der Waals surface area contributed by atoms with Gasteiger partial charge in [0.2, 0.25) is 5.91 Å². The highest BCUT2D eigenvalue weighted by atomic mass is 35.5. The largest absolute Gasteiger partial charge is 0.507 e. The lowest BCUT2D eigenvalue weighted by atomic mass is 9.52. The number of phenols is 1. The van der Waals surface area contributed by atoms with E-state index in [9.17, 15) is 34.2 Å². The third-order valence-corrected chi connectivity index (χ3v) is 9.24. The van der Waals surface area contributed by atoms with Crippen molar-refractivity contribution in [1.29, 1.82) is 0 Å². The Morgan fingerprint density at radius 2 is 1.77 bits per heavy atom. The van der Waals surface area contributed by atoms with Crippen molar-refractivity contribution in [3.05, 3.63) is 27.8 Å². The Morgan fingerprint density at radius 1 is 1.15 bits per heavy atom. The number of carbonyl (C=O) groups excluding carboxylic acids is 5. The van der Waals surface area contributed by atoms with E-state index in [1.807, 2.05) is 0 Å². The van der Waals surface area contributed by atoms with Crippen LogP contribution in [-0.4, -0.2) is 87.4 Å². The molecule has 4 rings (SSSR count). The first-order valence-corrected chi connectivity index (χ1v) is 14.0. The van der Waals surface area contributed by atoms with E-state index < -0.39 is 64.4 Å². The van der Waals surface area contributed by atoms with Crippen LogP contribution >= 0.6 is 11.6 Å². The molecule has 40 heavy (non-hydrogen) atoms. The van der Waals surface area contributed by atoms with Crippen LogP contribution in [0.25, 0.3) is 0 Å². The second-order valence-electron chi connectivity index (χ2n) is 12.4. The molecule has 10 nitrogen and oxygen atoms in total. The van der Waals surface area contributed by atoms with Crippen molar-refractivity contribution in [3.63, 3.8) is 0 Å². The normalized spacial score (nSPS) is 30.2. The number of nitrogens with two attached hydrogens (primary N) is 1. The molecule has 0 bridgehead atoms. The SMILES string of the molecule is CC(C)CN(Cc1cc(O)c2c(c1Cl)C[C@H]1C[C@H]3[C@H](N(C)C)C(=O)C(C(N)=O)C(=O)C3(O)C(=O)C1C2=O)C(C)C. The molecule has 3 aliphatic carbocycles. The lowest BCUT2D eigenvalue weighted by Crippen LogP contribution is -2.74. The van der Waals surface area contributed by atoms with Crippen molar-refractivity contribution in [2.75, 3.05) is 20.6 Å². The Hall–Kier alpha value is -2.66. The number of primary amides is 1. The van der Waals surface area contributed by atoms with E-state index in [0.29, 0.717) is 28.6 Å². The Bertz CT molecular complexity index is 1290. The van der Waals surface area contributed by atoms with Crippen molar-refractivity contribution in [2.24, 2.45) is 35.3 Å². The molecule has 2 fully saturated rings. The zero-order valence-corrected chi connectivity index (χ0v) is 24.5. The highest BCUT2D eigenvalue weighted by Gasteiger charge is 2.69. The van der Waals surface area contributed by atoms with E-state index in [4.69, 9.17) is 17.3 Å². The van der Waals surface area contributed by atoms with Crippen LogP contribution in [0.3, 0.4) is 0 Å². The highest BCUT2D eigenvalue weighted by Crippen LogP contribution is 2.51. The van der Waals surface area contributed by atoms with Crippen LogP contribution in [0.2, 0.25) is 5.02 Å². The molecule has 0 saturated heterocycles. The first-order valence-electron chi connectivity index (χ1n) is 13.7. The molecule has 0 aliphatic heterocycles. The van der Waals surface area contributed by atoms with Gasteiger partial charge in [-0.3, -0.25) is 33.8 Å². The summed E-state index contributed by atoms with van der Waals surface area (Å²) in [6, 6.07) is 0.493. The Kier molecular flexibility index (Phi) is 8.05. The maximum atomic E-state index is 13.9. The third kappa shape index (κ3) is 4.58. The summed E-state index contributed by atoms with van der Waals surface area (Å²) in [5.74, 6) is -10.3. The summed E-state index contributed by atoms with van der Waals surface area (Å²) in [5.41, 5.74) is 3.57. The number of hydrogen-bond donors (Lipinski definition) is 3. The fourth-order valence-corrected chi connectivity index (χ4v) is 7.25. The minimum absolute atomic E-state index is 0.0172. The fourth-order valence-electron chi connectivity index (χ4n) is 6.97. The number of likely N-dealkylation sites (N-methyl/N-ethyl adjacent to an activating group) is 1. The number of rotatable bonds is 7. The lowest BCUT2D eigenvalue weighted by Gasteiger charge is -2.52. The summed E-state index contributed by atoms with van der Waals surface area (Å²) in [6.07, 6.45) is 0.120. The molecule has 0 heterocycles. The Labute approximate surface area is 238 Å². The highest BCUT2D eigenvalue weighted by molar-refractivity contribution is 6.34. The van der Waals surface area contributed by atoms with Crippen LogP contribution in [-0.2, 0) is 32.1 Å². The number of aliphatic hydroxyl groups is 1. The minimum Gasteiger partial charge on any atom is -0.507 e. The van der Waals surface area contributed by atoms with Crippen LogP contribution in [0.1, 0.15) is 55.6 Å². The molecule has 1 aromatic rings. The summed E-state index contributed by atoms with van der Waals surface area (Å²) in [7, 11) is 3.10. The number of nitrogens with zero attached hydrogens (tertiary/aromatic N) is 2. The van der Waals surface area contributed by atoms with Gasteiger partial charge in [0.1, 0.15) is 5.75 Å². The minimum atomic E-state index is -2.75. The summed E-state index contributed by atoms with van der Waals surface area (Å²) in [4.78, 5) is 70.0. The average Bonchev–Trinajstić information content (AvgIpc) is 2.83. The number of Topliss-reactive ketones (excluding diaryl/α,β-unsaturated/α-hetero) is 4. The predicted octanol–water partition coefficient (Wildman–Crippen LogP) is 1.39. The van der Waals surface area contributed by atoms with Crippen molar-refractivity contribution in [3.8, 4) is 5.75 Å². The van der Waals surface area contributed by atoms with E-state index in [0.717, 1.165) is 6.54 Å². The first-order chi connectivity index (χ1) is 18.5. The van der Waals surface area contributed by atoms with Crippen LogP contribution in [0, 0.1) is 29.6 Å². The van der Waals surface area contributed by atoms with Gasteiger partial charge in [-0.1, -0.05) is 25.4 Å². The second-order valence-corrected chi connectivity index (χ2v) is 12.8. The molecule has 0 radical (unpaired) electrons. The van der Waals surface area contributed by atoms with E-state index in [1.54, 1.807) is 14.1 Å². The van der Waals surface area contributed by atoms with Gasteiger partial charge in [-0.15, -0.1) is 0 Å². The van der Waals surface area contributed by atoms with Crippen LogP contribution in [0.4, 0.5) is 0 Å². The number of halogens is 1. The fraction of sp³-hybridized carbons (Fsp3) is 0.621. The van der Waals surface area contributed by atoms with Gasteiger partial charge in [-0.2, -0.15) is 0 Å². The molecule has 3 unspecified atom stereocenters. The van der Waals surface area contributed by atoms with Crippen molar-refractivity contribution in [1.82, 2.24) is 9.80 Å². The van der Waals surface area contributed by atoms with Gasteiger partial charge < -0.3 is 15.9 Å². The predicted molar refractivity (Wildman–Crippen MR) is 147 cm³/mol. The number of hydrogen-bond acceptors (Lipinski definition) is 9. The maximum Gasteiger partial charge on any atom is 0.235 e. The van der Waals surface area contributed by atoms with Crippen LogP contribution in [0.15, 0.2) is 6.07 Å². The zero-order valence-electron chi connectivity index (χ0n) is 23.7. The first kappa shape index (κ1) is 30.3. The van der Waals surface area contributed by atoms with Gasteiger partial charge in [-0.25, -0.2) is 0 Å². The molecule has 4 N–H and O–H groups in total. The topological polar surface area (TPSA) is 158 Å². The number of carbonyl (C=O) groups is 5. The molecule has 0 aromatic heterocycles. The number of aromatic hydroxyl groups is 1. The summed E-state index contributed by atoms with van der Waals surface area (Å²) in [5, 5.41) is 23.0. The van der Waals surface area contributed by atoms with Crippen LogP contribution in [0.5, 0.6) is 5.75 Å². The van der Waals surface area contributed by atoms with Crippen molar-refractivity contribution < 1.29 is 34.2 Å². The molecule has 218 valence electrons. The van der Waals surface area contributed by atoms with Gasteiger partial charge in [0, 0.05) is 30.1 Å². The summed E-state index contributed by atoms with van der Waals surface area (Å²) < 4.78 is 0. The molecule has 3 aliphatic rings. The van der Waals surface area contributed by atoms with Gasteiger partial charge in [-0.05, 0) is 69.8 Å². The number of ketones is 4. The quantitative estimate of drug-likeness (QED) is 0.408. The summed E-state index contributed by atoms with van der Waals surface area (Å²) >= 11 is 6.87. The van der Waals surface area contributed by atoms with E-state index in [1.165, 1.54) is 11.0 Å². The number of fused-ring (bicyclic) bond motifs is 3. The summed E-state index contributed by atoms with van der Waals surface area (Å²) in [6.45, 7) is 9.58. The van der Waals surface area contributed by atoms with E-state index in [2.05, 4.69) is 32.6 Å². The molecule has 11 heteroatoms. The molecule has 0 spiro atoms. The molecular weight excluding hydrogens is 538 g/mol. The Morgan fingerprint density at radius 3 is 2.30 bits per heavy atom. The van der Waals surface area contributed by atoms with Crippen molar-refractivity contribution in [2.45, 2.75) is 64.8 Å². The zero-order chi connectivity index (χ0) is 30.0. The van der Waals surface area contributed by atoms with Gasteiger partial charge in [0.15, 0.2) is 34.7 Å². The second kappa shape index (κ2) is 10.6. The average molecular weight is 576 g/mol. The van der Waals surface area contributed by atoms with Crippen LogP contribution < -0.4 is 5.73 Å². The standard InChI is InChI=1S/C29H38ClN3O7/c1-12(2)10-33(13(3)4)11-15-9-18(34)20-16(22(15)30)7-14-8-17-23(32(5)6)25(36)21(28(31)39)27(38)29(17,40)26(37)19(14)24(20)35/h9,12-14,17,19,21,23,34,40H,7-8,10-11H2,1-6H3,(H2,31,39)/t14-,17-,19?,21?,23-,29?/m0/s1. The number of benzene rings is 1. The number of phenolic OH excluding ortho intramolecular Hbond substituents is 1. The smallest absolute Gasteiger partial charge is 0.235 e. The molecule has 2 saturated carbocycles. The third-order valence-electron chi connectivity index (χ3n) is 8.77. The van der Waals surface area contributed by atoms with E-state index >= 15 is 0 Å². The Balaban J connectivity index is 1.80. The molecule has 1 amide bonds. The monoisotopic (exact) mass is 575 g/mol. The molecular formula is C29H38ClN3O7. The van der Waals surface area contributed by atoms with E-state index in [-0.39, 0.29) is 30.2 Å². The van der Waals surface area contributed by atoms with Crippen molar-refractivity contribution >= 4 is 40.6 Å². The van der Waals surface area contributed by atoms with Gasteiger partial charge >= 0.3 is 0 Å². The molecule has 6 atom stereocenters. The molecule has 1 aromatic carbocycles. The van der Waals surface area contributed by atoms with Gasteiger partial charge in [0.25, 0.3) is 0 Å².